The molecule has 5 nitrogen and oxygen atoms in total. The van der Waals surface area contributed by atoms with Crippen LogP contribution in [-0.4, -0.2) is 55.3 Å². The molecule has 1 aromatic carbocycles. The van der Waals surface area contributed by atoms with Crippen LogP contribution < -0.4 is 9.62 Å². The Kier molecular flexibility index (Phi) is 5.40. The van der Waals surface area contributed by atoms with E-state index < -0.39 is 5.82 Å². The van der Waals surface area contributed by atoms with E-state index in [1.165, 1.54) is 0 Å². The highest BCUT2D eigenvalue weighted by Crippen LogP contribution is 2.43. The van der Waals surface area contributed by atoms with Gasteiger partial charge in [0, 0.05) is 19.3 Å². The molecule has 2 aliphatic heterocycles. The maximum Gasteiger partial charge on any atom is 0.160 e. The molecule has 0 atom stereocenters. The number of anilines is 2. The van der Waals surface area contributed by atoms with Crippen molar-refractivity contribution in [3.63, 3.8) is 0 Å². The summed E-state index contributed by atoms with van der Waals surface area (Å²) in [6.45, 7) is 3.84. The number of nitrogens with zero attached hydrogens (tertiary/aromatic N) is 3. The van der Waals surface area contributed by atoms with Gasteiger partial charge in [0.1, 0.15) is 16.4 Å². The third-order valence-electron chi connectivity index (χ3n) is 4.76. The number of hydrogen-bond acceptors (Lipinski definition) is 6. The van der Waals surface area contributed by atoms with Gasteiger partial charge in [-0.3, -0.25) is 0 Å². The molecule has 0 bridgehead atoms. The topological polar surface area (TPSA) is 40.6 Å². The van der Waals surface area contributed by atoms with E-state index in [1.807, 2.05) is 17.0 Å². The molecule has 144 valence electrons. The first kappa shape index (κ1) is 19.1. The predicted molar refractivity (Wildman–Crippen MR) is 109 cm³/mol. The smallest absolute Gasteiger partial charge is 0.160 e. The lowest BCUT2D eigenvalue weighted by molar-refractivity contribution is -0.117. The van der Waals surface area contributed by atoms with Gasteiger partial charge >= 0.3 is 0 Å². The molecule has 27 heavy (non-hydrogen) atoms. The van der Waals surface area contributed by atoms with Crippen molar-refractivity contribution >= 4 is 46.7 Å². The van der Waals surface area contributed by atoms with Crippen molar-refractivity contribution in [1.29, 1.82) is 0 Å². The van der Waals surface area contributed by atoms with E-state index in [0.717, 1.165) is 25.0 Å². The summed E-state index contributed by atoms with van der Waals surface area (Å²) in [6.07, 6.45) is 1.65. The minimum atomic E-state index is -0.532. The fourth-order valence-corrected chi connectivity index (χ4v) is 4.76. The molecule has 1 aromatic heterocycles. The summed E-state index contributed by atoms with van der Waals surface area (Å²) < 4.78 is 23.8. The third-order valence-corrected chi connectivity index (χ3v) is 6.44. The molecule has 1 N–H and O–H groups in total. The highest BCUT2D eigenvalue weighted by Gasteiger charge is 2.47. The summed E-state index contributed by atoms with van der Waals surface area (Å²) in [5.74, 6) is 0.0802. The number of pyridine rings is 1. The Bertz CT molecular complexity index is 836. The fraction of sp³-hybridized carbons (Fsp3) is 0.389. The monoisotopic (exact) mass is 428 g/mol. The molecule has 4 rings (SSSR count). The van der Waals surface area contributed by atoms with E-state index in [2.05, 4.69) is 21.7 Å². The van der Waals surface area contributed by atoms with Gasteiger partial charge in [0.2, 0.25) is 0 Å². The molecule has 0 unspecified atom stereocenters. The number of ether oxygens (including phenoxy) is 1. The van der Waals surface area contributed by atoms with E-state index in [0.29, 0.717) is 36.2 Å². The largest absolute Gasteiger partial charge is 0.369 e. The second-order valence-electron chi connectivity index (χ2n) is 6.88. The molecule has 1 spiro atoms. The standard InChI is InChI=1S/C18H19Cl2FN4OS/c1-24-6-7-26-18(9-24)10-25(11-18)13-8-12(19)17(16(21)15(13)20)27-23-14-4-2-3-5-22-14/h2-5,8H,6-7,9-11H2,1H3,(H,22,23). The zero-order valence-corrected chi connectivity index (χ0v) is 17.0. The van der Waals surface area contributed by atoms with Gasteiger partial charge in [0.25, 0.3) is 0 Å². The van der Waals surface area contributed by atoms with Gasteiger partial charge in [-0.2, -0.15) is 0 Å². The molecule has 2 aromatic rings. The lowest BCUT2D eigenvalue weighted by Crippen LogP contribution is -2.70. The average Bonchev–Trinajstić information content (AvgIpc) is 2.63. The van der Waals surface area contributed by atoms with E-state index in [1.54, 1.807) is 18.3 Å². The molecule has 2 fully saturated rings. The van der Waals surface area contributed by atoms with Crippen LogP contribution in [0.2, 0.25) is 10.0 Å². The molecular weight excluding hydrogens is 410 g/mol. The molecule has 2 aliphatic rings. The fourth-order valence-electron chi connectivity index (χ4n) is 3.46. The Hall–Kier alpha value is -1.25. The van der Waals surface area contributed by atoms with Crippen LogP contribution in [0.5, 0.6) is 0 Å². The second kappa shape index (κ2) is 7.64. The van der Waals surface area contributed by atoms with Crippen LogP contribution in [0.3, 0.4) is 0 Å². The molecule has 0 aliphatic carbocycles. The first-order valence-corrected chi connectivity index (χ1v) is 10.1. The van der Waals surface area contributed by atoms with E-state index in [4.69, 9.17) is 27.9 Å². The Balaban J connectivity index is 1.49. The quantitative estimate of drug-likeness (QED) is 0.581. The SMILES string of the molecule is CN1CCOC2(C1)CN(c1cc(Cl)c(SNc3ccccn3)c(F)c1Cl)C2. The Morgan fingerprint density at radius 3 is 2.81 bits per heavy atom. The summed E-state index contributed by atoms with van der Waals surface area (Å²) in [5.41, 5.74) is 0.400. The number of benzene rings is 1. The number of nitrogens with one attached hydrogen (secondary N) is 1. The van der Waals surface area contributed by atoms with Crippen molar-refractivity contribution in [2.24, 2.45) is 0 Å². The van der Waals surface area contributed by atoms with Crippen LogP contribution in [0, 0.1) is 5.82 Å². The van der Waals surface area contributed by atoms with Crippen molar-refractivity contribution in [3.8, 4) is 0 Å². The molecule has 9 heteroatoms. The predicted octanol–water partition coefficient (Wildman–Crippen LogP) is 4.17. The van der Waals surface area contributed by atoms with Crippen molar-refractivity contribution in [2.75, 3.05) is 49.5 Å². The molecule has 0 saturated carbocycles. The molecular formula is C18H19Cl2FN4OS. The average molecular weight is 429 g/mol. The number of morpholine rings is 1. The first-order chi connectivity index (χ1) is 13.0. The van der Waals surface area contributed by atoms with Gasteiger partial charge in [-0.1, -0.05) is 29.3 Å². The zero-order chi connectivity index (χ0) is 19.0. The summed E-state index contributed by atoms with van der Waals surface area (Å²) in [5, 5.41) is 0.381. The second-order valence-corrected chi connectivity index (χ2v) is 8.48. The van der Waals surface area contributed by atoms with Gasteiger partial charge in [-0.05, 0) is 37.2 Å². The van der Waals surface area contributed by atoms with E-state index in [-0.39, 0.29) is 15.5 Å². The number of likely N-dealkylation sites (N-methyl/N-ethyl adjacent to an activating group) is 1. The van der Waals surface area contributed by atoms with Crippen LogP contribution in [-0.2, 0) is 4.74 Å². The summed E-state index contributed by atoms with van der Waals surface area (Å²) in [6, 6.07) is 7.15. The highest BCUT2D eigenvalue weighted by molar-refractivity contribution is 8.00. The minimum Gasteiger partial charge on any atom is -0.369 e. The number of rotatable bonds is 4. The molecule has 0 amide bonds. The number of halogens is 3. The van der Waals surface area contributed by atoms with Crippen molar-refractivity contribution < 1.29 is 9.13 Å². The minimum absolute atomic E-state index is 0.0729. The molecule has 2 saturated heterocycles. The number of hydrogen-bond donors (Lipinski definition) is 1. The zero-order valence-electron chi connectivity index (χ0n) is 14.7. The molecule has 3 heterocycles. The van der Waals surface area contributed by atoms with Crippen molar-refractivity contribution in [3.05, 3.63) is 46.3 Å². The lowest BCUT2D eigenvalue weighted by atomic mass is 9.91. The van der Waals surface area contributed by atoms with Crippen LogP contribution in [0.1, 0.15) is 0 Å². The van der Waals surface area contributed by atoms with Crippen LogP contribution in [0.25, 0.3) is 0 Å². The van der Waals surface area contributed by atoms with Crippen molar-refractivity contribution in [2.45, 2.75) is 10.5 Å². The lowest BCUT2D eigenvalue weighted by Gasteiger charge is -2.54. The Labute approximate surface area is 171 Å². The van der Waals surface area contributed by atoms with Crippen LogP contribution >= 0.6 is 35.1 Å². The summed E-state index contributed by atoms with van der Waals surface area (Å²) >= 11 is 13.7. The van der Waals surface area contributed by atoms with Gasteiger partial charge in [-0.25, -0.2) is 9.37 Å². The van der Waals surface area contributed by atoms with Gasteiger partial charge in [0.15, 0.2) is 5.82 Å². The normalized spacial score (nSPS) is 19.2. The maximum absolute atomic E-state index is 14.9. The Morgan fingerprint density at radius 1 is 1.30 bits per heavy atom. The van der Waals surface area contributed by atoms with Gasteiger partial charge < -0.3 is 19.3 Å². The first-order valence-electron chi connectivity index (χ1n) is 8.56. The number of aromatic nitrogens is 1. The van der Waals surface area contributed by atoms with E-state index in [9.17, 15) is 4.39 Å². The summed E-state index contributed by atoms with van der Waals surface area (Å²) in [4.78, 5) is 8.65. The van der Waals surface area contributed by atoms with Crippen LogP contribution in [0.15, 0.2) is 35.4 Å². The van der Waals surface area contributed by atoms with Gasteiger partial charge in [-0.15, -0.1) is 0 Å². The molecule has 0 radical (unpaired) electrons. The maximum atomic E-state index is 14.9. The Morgan fingerprint density at radius 2 is 2.11 bits per heavy atom. The third kappa shape index (κ3) is 3.84. The summed E-state index contributed by atoms with van der Waals surface area (Å²) in [7, 11) is 2.08. The van der Waals surface area contributed by atoms with E-state index >= 15 is 0 Å². The van der Waals surface area contributed by atoms with Crippen molar-refractivity contribution in [1.82, 2.24) is 9.88 Å². The van der Waals surface area contributed by atoms with Crippen LogP contribution in [0.4, 0.5) is 15.9 Å². The highest BCUT2D eigenvalue weighted by atomic mass is 35.5. The van der Waals surface area contributed by atoms with Gasteiger partial charge in [0.05, 0.1) is 35.3 Å².